The fourth-order valence-electron chi connectivity index (χ4n) is 4.25. The van der Waals surface area contributed by atoms with Crippen LogP contribution in [0.25, 0.3) is 22.6 Å². The lowest BCUT2D eigenvalue weighted by molar-refractivity contribution is -0.120. The standard InChI is InChI=1S/C27H27ClN6O2/c1-16-7-10-29-19(11-16)14-34-24(33-23-25(34)30-15-31-26(23)36-27(2)8-9-27)20-6-3-17(12-21(20)28)13-22(35)32-18-4-5-18/h3,6-7,10-12,15,18H,4-5,8-9,13-14H2,1-2H3,(H,32,35). The van der Waals surface area contributed by atoms with Gasteiger partial charge in [0.05, 0.1) is 23.7 Å². The monoisotopic (exact) mass is 502 g/mol. The van der Waals surface area contributed by atoms with Crippen LogP contribution in [-0.2, 0) is 17.8 Å². The number of imidazole rings is 1. The van der Waals surface area contributed by atoms with Crippen molar-refractivity contribution in [2.75, 3.05) is 0 Å². The molecule has 9 heteroatoms. The Labute approximate surface area is 214 Å². The molecule has 4 aromatic rings. The molecule has 1 aromatic carbocycles. The Balaban J connectivity index is 1.41. The van der Waals surface area contributed by atoms with Crippen molar-refractivity contribution < 1.29 is 9.53 Å². The smallest absolute Gasteiger partial charge is 0.245 e. The lowest BCUT2D eigenvalue weighted by Gasteiger charge is -2.12. The molecule has 1 N–H and O–H groups in total. The molecule has 1 amide bonds. The first-order chi connectivity index (χ1) is 17.4. The number of benzene rings is 1. The maximum absolute atomic E-state index is 12.3. The Morgan fingerprint density at radius 2 is 2.03 bits per heavy atom. The first kappa shape index (κ1) is 22.9. The SMILES string of the molecule is Cc1ccnc(Cn2c(-c3ccc(CC(=O)NC4CC4)cc3Cl)nc3c(OC4(C)CC4)ncnc32)c1. The molecule has 8 nitrogen and oxygen atoms in total. The van der Waals surface area contributed by atoms with Crippen molar-refractivity contribution in [3.8, 4) is 17.3 Å². The highest BCUT2D eigenvalue weighted by atomic mass is 35.5. The molecule has 3 heterocycles. The molecule has 0 spiro atoms. The lowest BCUT2D eigenvalue weighted by Crippen LogP contribution is -2.26. The summed E-state index contributed by atoms with van der Waals surface area (Å²) in [7, 11) is 0. The third kappa shape index (κ3) is 4.78. The van der Waals surface area contributed by atoms with Crippen molar-refractivity contribution >= 4 is 28.7 Å². The van der Waals surface area contributed by atoms with Crippen molar-refractivity contribution in [1.29, 1.82) is 0 Å². The highest BCUT2D eigenvalue weighted by molar-refractivity contribution is 6.33. The third-order valence-corrected chi connectivity index (χ3v) is 6.98. The number of ether oxygens (including phenoxy) is 1. The van der Waals surface area contributed by atoms with Crippen molar-refractivity contribution in [1.82, 2.24) is 29.8 Å². The molecule has 6 rings (SSSR count). The van der Waals surface area contributed by atoms with Crippen LogP contribution in [0.1, 0.15) is 49.4 Å². The van der Waals surface area contributed by atoms with E-state index in [1.807, 2.05) is 41.8 Å². The normalized spacial score (nSPS) is 16.2. The Morgan fingerprint density at radius 1 is 1.19 bits per heavy atom. The van der Waals surface area contributed by atoms with Gasteiger partial charge in [0.25, 0.3) is 0 Å². The Bertz CT molecular complexity index is 1470. The number of hydrogen-bond donors (Lipinski definition) is 1. The number of aryl methyl sites for hydroxylation is 1. The molecule has 0 unspecified atom stereocenters. The van der Waals surface area contributed by atoms with Crippen molar-refractivity contribution in [2.45, 2.75) is 64.1 Å². The van der Waals surface area contributed by atoms with Crippen molar-refractivity contribution in [2.24, 2.45) is 0 Å². The number of carbonyl (C=O) groups excluding carboxylic acids is 1. The fraction of sp³-hybridized carbons (Fsp3) is 0.370. The number of amides is 1. The van der Waals surface area contributed by atoms with E-state index >= 15 is 0 Å². The highest BCUT2D eigenvalue weighted by Gasteiger charge is 2.41. The Hall–Kier alpha value is -3.52. The molecule has 0 atom stereocenters. The van der Waals surface area contributed by atoms with Gasteiger partial charge in [-0.2, -0.15) is 4.98 Å². The average Bonchev–Trinajstić information content (AvgIpc) is 3.75. The topological polar surface area (TPSA) is 94.8 Å². The molecule has 184 valence electrons. The second-order valence-corrected chi connectivity index (χ2v) is 10.5. The summed E-state index contributed by atoms with van der Waals surface area (Å²) in [6.45, 7) is 4.57. The van der Waals surface area contributed by atoms with Gasteiger partial charge >= 0.3 is 0 Å². The summed E-state index contributed by atoms with van der Waals surface area (Å²) in [5.41, 5.74) is 4.66. The van der Waals surface area contributed by atoms with Gasteiger partial charge < -0.3 is 14.6 Å². The van der Waals surface area contributed by atoms with Gasteiger partial charge in [-0.05, 0) is 74.9 Å². The van der Waals surface area contributed by atoms with E-state index in [4.69, 9.17) is 21.3 Å². The fourth-order valence-corrected chi connectivity index (χ4v) is 4.53. The van der Waals surface area contributed by atoms with Crippen molar-refractivity contribution in [3.63, 3.8) is 0 Å². The number of carbonyl (C=O) groups is 1. The number of nitrogens with zero attached hydrogens (tertiary/aromatic N) is 5. The van der Waals surface area contributed by atoms with Crippen LogP contribution in [0.2, 0.25) is 5.02 Å². The van der Waals surface area contributed by atoms with E-state index in [9.17, 15) is 4.79 Å². The molecule has 3 aromatic heterocycles. The number of rotatable bonds is 8. The Morgan fingerprint density at radius 3 is 2.75 bits per heavy atom. The quantitative estimate of drug-likeness (QED) is 0.377. The summed E-state index contributed by atoms with van der Waals surface area (Å²) in [6.07, 6.45) is 7.70. The largest absolute Gasteiger partial charge is 0.470 e. The third-order valence-electron chi connectivity index (χ3n) is 6.67. The van der Waals surface area contributed by atoms with Crippen LogP contribution in [-0.4, -0.2) is 42.1 Å². The first-order valence-electron chi connectivity index (χ1n) is 12.3. The minimum atomic E-state index is -0.205. The van der Waals surface area contributed by atoms with Gasteiger partial charge in [0, 0.05) is 17.8 Å². The van der Waals surface area contributed by atoms with E-state index in [2.05, 4.69) is 27.2 Å². The summed E-state index contributed by atoms with van der Waals surface area (Å²) >= 11 is 6.78. The molecular weight excluding hydrogens is 476 g/mol. The molecule has 0 radical (unpaired) electrons. The minimum absolute atomic E-state index is 0.0183. The van der Waals surface area contributed by atoms with E-state index < -0.39 is 0 Å². The average molecular weight is 503 g/mol. The lowest BCUT2D eigenvalue weighted by atomic mass is 10.1. The second kappa shape index (κ2) is 8.85. The van der Waals surface area contributed by atoms with Crippen LogP contribution in [0.4, 0.5) is 0 Å². The van der Waals surface area contributed by atoms with Crippen LogP contribution in [0.5, 0.6) is 5.88 Å². The molecule has 0 aliphatic heterocycles. The predicted molar refractivity (Wildman–Crippen MR) is 137 cm³/mol. The van der Waals surface area contributed by atoms with Crippen LogP contribution in [0.3, 0.4) is 0 Å². The van der Waals surface area contributed by atoms with E-state index in [0.29, 0.717) is 46.9 Å². The molecule has 36 heavy (non-hydrogen) atoms. The molecule has 2 aliphatic rings. The number of fused-ring (bicyclic) bond motifs is 1. The molecule has 2 saturated carbocycles. The van der Waals surface area contributed by atoms with Gasteiger partial charge in [0.15, 0.2) is 11.2 Å². The number of halogens is 1. The zero-order valence-electron chi connectivity index (χ0n) is 20.3. The number of pyridine rings is 1. The summed E-state index contributed by atoms with van der Waals surface area (Å²) in [4.78, 5) is 30.7. The van der Waals surface area contributed by atoms with Gasteiger partial charge in [0.2, 0.25) is 11.8 Å². The Kier molecular flexibility index (Phi) is 5.63. The van der Waals surface area contributed by atoms with Crippen LogP contribution < -0.4 is 10.1 Å². The predicted octanol–water partition coefficient (Wildman–Crippen LogP) is 4.65. The van der Waals surface area contributed by atoms with Gasteiger partial charge in [-0.1, -0.05) is 17.7 Å². The number of nitrogens with one attached hydrogen (secondary N) is 1. The number of hydrogen-bond acceptors (Lipinski definition) is 6. The highest BCUT2D eigenvalue weighted by Crippen LogP contribution is 2.41. The molecule has 2 fully saturated rings. The summed E-state index contributed by atoms with van der Waals surface area (Å²) in [6, 6.07) is 10.0. The summed E-state index contributed by atoms with van der Waals surface area (Å²) in [5.74, 6) is 1.14. The first-order valence-corrected chi connectivity index (χ1v) is 12.6. The summed E-state index contributed by atoms with van der Waals surface area (Å²) in [5, 5.41) is 3.54. The maximum atomic E-state index is 12.3. The maximum Gasteiger partial charge on any atom is 0.245 e. The molecular formula is C27H27ClN6O2. The van der Waals surface area contributed by atoms with E-state index in [1.165, 1.54) is 6.33 Å². The van der Waals surface area contributed by atoms with Gasteiger partial charge in [-0.15, -0.1) is 0 Å². The van der Waals surface area contributed by atoms with Gasteiger partial charge in [-0.3, -0.25) is 9.78 Å². The van der Waals surface area contributed by atoms with Crippen LogP contribution in [0.15, 0.2) is 42.9 Å². The van der Waals surface area contributed by atoms with E-state index in [0.717, 1.165) is 48.1 Å². The minimum Gasteiger partial charge on any atom is -0.470 e. The van der Waals surface area contributed by atoms with Crippen molar-refractivity contribution in [3.05, 3.63) is 64.7 Å². The molecule has 0 saturated heterocycles. The zero-order valence-corrected chi connectivity index (χ0v) is 21.0. The second-order valence-electron chi connectivity index (χ2n) is 10.1. The van der Waals surface area contributed by atoms with Gasteiger partial charge in [-0.25, -0.2) is 9.97 Å². The molecule has 2 aliphatic carbocycles. The zero-order chi connectivity index (χ0) is 24.9. The van der Waals surface area contributed by atoms with E-state index in [1.54, 1.807) is 6.20 Å². The van der Waals surface area contributed by atoms with Gasteiger partial charge in [0.1, 0.15) is 17.8 Å². The van der Waals surface area contributed by atoms with E-state index in [-0.39, 0.29) is 11.5 Å². The number of aromatic nitrogens is 5. The summed E-state index contributed by atoms with van der Waals surface area (Å²) < 4.78 is 8.21. The van der Waals surface area contributed by atoms with Crippen LogP contribution in [0, 0.1) is 6.92 Å². The van der Waals surface area contributed by atoms with Crippen LogP contribution >= 0.6 is 11.6 Å². The molecule has 0 bridgehead atoms.